The first-order valence-corrected chi connectivity index (χ1v) is 5.06. The fraction of sp³-hybridized carbons (Fsp3) is 0.455. The standard InChI is InChI=1S/C11H16N2O3/c1-12(2)6-5-10-7-9(8-14)3-4-11(10)13(15)16/h3-4,7,14H,5-6,8H2,1-2H3. The number of likely N-dealkylation sites (N-methyl/N-ethyl adjacent to an activating group) is 1. The lowest BCUT2D eigenvalue weighted by Crippen LogP contribution is -2.15. The quantitative estimate of drug-likeness (QED) is 0.602. The van der Waals surface area contributed by atoms with Crippen LogP contribution in [0.1, 0.15) is 11.1 Å². The second-order valence-corrected chi connectivity index (χ2v) is 3.93. The summed E-state index contributed by atoms with van der Waals surface area (Å²) in [6.07, 6.45) is 0.608. The van der Waals surface area contributed by atoms with Gasteiger partial charge in [-0.15, -0.1) is 0 Å². The number of rotatable bonds is 5. The van der Waals surface area contributed by atoms with Crippen molar-refractivity contribution in [1.82, 2.24) is 4.90 Å². The van der Waals surface area contributed by atoms with Crippen LogP contribution in [0.25, 0.3) is 0 Å². The van der Waals surface area contributed by atoms with Crippen molar-refractivity contribution in [3.63, 3.8) is 0 Å². The first kappa shape index (κ1) is 12.6. The molecule has 0 spiro atoms. The van der Waals surface area contributed by atoms with Gasteiger partial charge in [0.2, 0.25) is 0 Å². The third-order valence-corrected chi connectivity index (χ3v) is 2.35. The lowest BCUT2D eigenvalue weighted by atomic mass is 10.1. The Kier molecular flexibility index (Phi) is 4.39. The summed E-state index contributed by atoms with van der Waals surface area (Å²) in [6, 6.07) is 4.73. The molecule has 5 nitrogen and oxygen atoms in total. The van der Waals surface area contributed by atoms with Crippen LogP contribution in [0.5, 0.6) is 0 Å². The van der Waals surface area contributed by atoms with Crippen LogP contribution in [0.15, 0.2) is 18.2 Å². The van der Waals surface area contributed by atoms with E-state index in [4.69, 9.17) is 5.11 Å². The summed E-state index contributed by atoms with van der Waals surface area (Å²) in [6.45, 7) is 0.655. The molecule has 88 valence electrons. The topological polar surface area (TPSA) is 66.6 Å². The molecule has 0 aromatic heterocycles. The molecule has 0 unspecified atom stereocenters. The maximum Gasteiger partial charge on any atom is 0.272 e. The van der Waals surface area contributed by atoms with Crippen LogP contribution in [0.2, 0.25) is 0 Å². The molecule has 1 aromatic rings. The van der Waals surface area contributed by atoms with E-state index in [9.17, 15) is 10.1 Å². The Morgan fingerprint density at radius 3 is 2.62 bits per heavy atom. The van der Waals surface area contributed by atoms with Crippen LogP contribution >= 0.6 is 0 Å². The van der Waals surface area contributed by atoms with Crippen molar-refractivity contribution in [3.05, 3.63) is 39.4 Å². The number of nitro benzene ring substituents is 1. The fourth-order valence-electron chi connectivity index (χ4n) is 1.46. The van der Waals surface area contributed by atoms with Crippen LogP contribution in [-0.4, -0.2) is 35.6 Å². The molecule has 0 aliphatic heterocycles. The molecule has 1 N–H and O–H groups in total. The second-order valence-electron chi connectivity index (χ2n) is 3.93. The smallest absolute Gasteiger partial charge is 0.272 e. The maximum absolute atomic E-state index is 10.8. The van der Waals surface area contributed by atoms with E-state index in [1.165, 1.54) is 6.07 Å². The van der Waals surface area contributed by atoms with Crippen LogP contribution in [-0.2, 0) is 13.0 Å². The molecule has 0 aliphatic carbocycles. The lowest BCUT2D eigenvalue weighted by Gasteiger charge is -2.10. The molecule has 0 bridgehead atoms. The van der Waals surface area contributed by atoms with Gasteiger partial charge in [0.1, 0.15) is 0 Å². The van der Waals surface area contributed by atoms with Gasteiger partial charge in [-0.3, -0.25) is 10.1 Å². The van der Waals surface area contributed by atoms with Crippen LogP contribution < -0.4 is 0 Å². The predicted octanol–water partition coefficient (Wildman–Crippen LogP) is 1.19. The van der Waals surface area contributed by atoms with Crippen molar-refractivity contribution in [2.24, 2.45) is 0 Å². The highest BCUT2D eigenvalue weighted by atomic mass is 16.6. The van der Waals surface area contributed by atoms with Gasteiger partial charge in [0.25, 0.3) is 5.69 Å². The van der Waals surface area contributed by atoms with Gasteiger partial charge in [0, 0.05) is 18.2 Å². The van der Waals surface area contributed by atoms with Crippen molar-refractivity contribution < 1.29 is 10.0 Å². The second kappa shape index (κ2) is 5.58. The first-order chi connectivity index (χ1) is 7.54. The van der Waals surface area contributed by atoms with E-state index < -0.39 is 0 Å². The van der Waals surface area contributed by atoms with Gasteiger partial charge in [0.15, 0.2) is 0 Å². The molecule has 5 heteroatoms. The average Bonchev–Trinajstić information content (AvgIpc) is 2.25. The molecular weight excluding hydrogens is 208 g/mol. The van der Waals surface area contributed by atoms with E-state index in [1.54, 1.807) is 12.1 Å². The van der Waals surface area contributed by atoms with Crippen LogP contribution in [0.3, 0.4) is 0 Å². The Morgan fingerprint density at radius 1 is 1.44 bits per heavy atom. The zero-order valence-electron chi connectivity index (χ0n) is 9.51. The normalized spacial score (nSPS) is 10.8. The average molecular weight is 224 g/mol. The van der Waals surface area contributed by atoms with Gasteiger partial charge < -0.3 is 10.0 Å². The number of benzene rings is 1. The van der Waals surface area contributed by atoms with Crippen molar-refractivity contribution in [3.8, 4) is 0 Å². The van der Waals surface area contributed by atoms with E-state index in [0.717, 1.165) is 6.54 Å². The van der Waals surface area contributed by atoms with Crippen molar-refractivity contribution in [1.29, 1.82) is 0 Å². The summed E-state index contributed by atoms with van der Waals surface area (Å²) < 4.78 is 0. The first-order valence-electron chi connectivity index (χ1n) is 5.06. The van der Waals surface area contributed by atoms with Gasteiger partial charge in [0.05, 0.1) is 11.5 Å². The number of aliphatic hydroxyl groups excluding tert-OH is 1. The summed E-state index contributed by atoms with van der Waals surface area (Å²) in [4.78, 5) is 12.4. The van der Waals surface area contributed by atoms with Gasteiger partial charge in [-0.25, -0.2) is 0 Å². The zero-order valence-corrected chi connectivity index (χ0v) is 9.51. The van der Waals surface area contributed by atoms with Crippen LogP contribution in [0.4, 0.5) is 5.69 Å². The highest BCUT2D eigenvalue weighted by molar-refractivity contribution is 5.42. The van der Waals surface area contributed by atoms with Crippen molar-refractivity contribution >= 4 is 5.69 Å². The molecule has 0 radical (unpaired) electrons. The molecule has 0 aliphatic rings. The van der Waals surface area contributed by atoms with E-state index >= 15 is 0 Å². The molecular formula is C11H16N2O3. The fourth-order valence-corrected chi connectivity index (χ4v) is 1.46. The number of aliphatic hydroxyl groups is 1. The number of nitrogens with zero attached hydrogens (tertiary/aromatic N) is 2. The van der Waals surface area contributed by atoms with Crippen molar-refractivity contribution in [2.45, 2.75) is 13.0 Å². The van der Waals surface area contributed by atoms with E-state index in [1.807, 2.05) is 19.0 Å². The molecule has 0 heterocycles. The largest absolute Gasteiger partial charge is 0.392 e. The van der Waals surface area contributed by atoms with Gasteiger partial charge in [-0.2, -0.15) is 0 Å². The summed E-state index contributed by atoms with van der Waals surface area (Å²) in [5.41, 5.74) is 1.50. The Bertz CT molecular complexity index is 377. The molecule has 0 saturated carbocycles. The Morgan fingerprint density at radius 2 is 2.12 bits per heavy atom. The van der Waals surface area contributed by atoms with Gasteiger partial charge in [-0.05, 0) is 38.2 Å². The summed E-state index contributed by atoms with van der Waals surface area (Å²) in [7, 11) is 3.84. The van der Waals surface area contributed by atoms with Gasteiger partial charge in [-0.1, -0.05) is 0 Å². The SMILES string of the molecule is CN(C)CCc1cc(CO)ccc1[N+](=O)[O-]. The minimum Gasteiger partial charge on any atom is -0.392 e. The highest BCUT2D eigenvalue weighted by Crippen LogP contribution is 2.20. The number of hydrogen-bond acceptors (Lipinski definition) is 4. The van der Waals surface area contributed by atoms with E-state index in [-0.39, 0.29) is 17.2 Å². The monoisotopic (exact) mass is 224 g/mol. The molecule has 0 atom stereocenters. The molecule has 0 fully saturated rings. The minimum absolute atomic E-state index is 0.0903. The van der Waals surface area contributed by atoms with E-state index in [0.29, 0.717) is 17.5 Å². The highest BCUT2D eigenvalue weighted by Gasteiger charge is 2.13. The Hall–Kier alpha value is -1.46. The molecule has 0 saturated heterocycles. The summed E-state index contributed by atoms with van der Waals surface area (Å²) >= 11 is 0. The maximum atomic E-state index is 10.8. The molecule has 0 amide bonds. The molecule has 1 rings (SSSR count). The zero-order chi connectivity index (χ0) is 12.1. The van der Waals surface area contributed by atoms with Crippen molar-refractivity contribution in [2.75, 3.05) is 20.6 Å². The minimum atomic E-state index is -0.383. The molecule has 16 heavy (non-hydrogen) atoms. The Balaban J connectivity index is 2.96. The number of nitro groups is 1. The Labute approximate surface area is 94.5 Å². The lowest BCUT2D eigenvalue weighted by molar-refractivity contribution is -0.385. The number of hydrogen-bond donors (Lipinski definition) is 1. The van der Waals surface area contributed by atoms with Gasteiger partial charge >= 0.3 is 0 Å². The summed E-state index contributed by atoms with van der Waals surface area (Å²) in [5, 5.41) is 19.8. The third kappa shape index (κ3) is 3.29. The third-order valence-electron chi connectivity index (χ3n) is 2.35. The molecule has 1 aromatic carbocycles. The van der Waals surface area contributed by atoms with E-state index in [2.05, 4.69) is 0 Å². The summed E-state index contributed by atoms with van der Waals surface area (Å²) in [5.74, 6) is 0. The van der Waals surface area contributed by atoms with Crippen LogP contribution in [0, 0.1) is 10.1 Å². The predicted molar refractivity (Wildman–Crippen MR) is 61.3 cm³/mol.